The van der Waals surface area contributed by atoms with Crippen LogP contribution in [0.15, 0.2) is 30.3 Å². The molecule has 80 valence electrons. The van der Waals surface area contributed by atoms with E-state index in [1.807, 2.05) is 0 Å². The zero-order valence-electron chi connectivity index (χ0n) is 7.71. The van der Waals surface area contributed by atoms with E-state index in [0.29, 0.717) is 5.56 Å². The lowest BCUT2D eigenvalue weighted by atomic mass is 10.1. The van der Waals surface area contributed by atoms with Gasteiger partial charge in [-0.15, -0.1) is 0 Å². The zero-order valence-corrected chi connectivity index (χ0v) is 7.71. The predicted molar refractivity (Wildman–Crippen MR) is 50.2 cm³/mol. The molecule has 0 spiro atoms. The van der Waals surface area contributed by atoms with E-state index in [4.69, 9.17) is 0 Å². The largest absolute Gasteiger partial charge is 0.377 e. The highest BCUT2D eigenvalue weighted by Crippen LogP contribution is 2.12. The predicted octanol–water partition coefficient (Wildman–Crippen LogP) is -0.154. The molecule has 0 aliphatic rings. The second kappa shape index (κ2) is 4.97. The van der Waals surface area contributed by atoms with E-state index in [1.165, 1.54) is 0 Å². The van der Waals surface area contributed by atoms with Gasteiger partial charge in [0.15, 0.2) is 6.10 Å². The van der Waals surface area contributed by atoms with Gasteiger partial charge in [0.2, 0.25) is 0 Å². The van der Waals surface area contributed by atoms with Crippen LogP contribution in [0, 0.1) is 0 Å². The second-order valence-corrected chi connectivity index (χ2v) is 2.70. The molecular weight excluding hydrogens is 200 g/mol. The smallest absolute Gasteiger partial charge is 0.365 e. The van der Waals surface area contributed by atoms with Gasteiger partial charge in [-0.1, -0.05) is 30.3 Å². The highest BCUT2D eigenvalue weighted by Gasteiger charge is 2.19. The van der Waals surface area contributed by atoms with E-state index in [2.05, 4.69) is 10.6 Å². The van der Waals surface area contributed by atoms with Crippen molar-refractivity contribution < 1.29 is 19.5 Å². The van der Waals surface area contributed by atoms with Crippen LogP contribution in [0.5, 0.6) is 0 Å². The van der Waals surface area contributed by atoms with Crippen LogP contribution in [0.25, 0.3) is 0 Å². The number of hydrogen-bond acceptors (Lipinski definition) is 4. The lowest BCUT2D eigenvalue weighted by Gasteiger charge is -2.09. The van der Waals surface area contributed by atoms with Crippen molar-refractivity contribution in [2.75, 3.05) is 0 Å². The highest BCUT2D eigenvalue weighted by atomic mass is 16.7. The van der Waals surface area contributed by atoms with Crippen molar-refractivity contribution in [3.8, 4) is 0 Å². The maximum atomic E-state index is 11.1. The van der Waals surface area contributed by atoms with Crippen molar-refractivity contribution in [1.29, 1.82) is 0 Å². The Balaban J connectivity index is 2.57. The number of aliphatic hydroxyl groups is 1. The van der Waals surface area contributed by atoms with Crippen LogP contribution in [0.1, 0.15) is 11.7 Å². The Morgan fingerprint density at radius 1 is 1.33 bits per heavy atom. The van der Waals surface area contributed by atoms with E-state index in [-0.39, 0.29) is 0 Å². The van der Waals surface area contributed by atoms with Crippen molar-refractivity contribution in [2.24, 2.45) is 5.73 Å². The van der Waals surface area contributed by atoms with E-state index in [1.54, 1.807) is 35.8 Å². The minimum absolute atomic E-state index is 0.369. The van der Waals surface area contributed by atoms with Crippen LogP contribution in [-0.2, 0) is 9.63 Å². The van der Waals surface area contributed by atoms with Crippen molar-refractivity contribution >= 4 is 12.0 Å². The second-order valence-electron chi connectivity index (χ2n) is 2.70. The number of hydrogen-bond donors (Lipinski definition) is 3. The number of nitrogens with two attached hydrogens (primary N) is 1. The molecule has 0 aromatic heterocycles. The lowest BCUT2D eigenvalue weighted by Crippen LogP contribution is -2.33. The Kier molecular flexibility index (Phi) is 3.64. The molecule has 0 radical (unpaired) electrons. The summed E-state index contributed by atoms with van der Waals surface area (Å²) in [6.07, 6.45) is -1.45. The molecule has 0 bridgehead atoms. The average Bonchev–Trinajstić information content (AvgIpc) is 2.26. The van der Waals surface area contributed by atoms with E-state index in [0.717, 1.165) is 0 Å². The molecule has 0 saturated heterocycles. The number of nitrogens with one attached hydrogen (secondary N) is 1. The number of aliphatic hydroxyl groups excluding tert-OH is 1. The lowest BCUT2D eigenvalue weighted by molar-refractivity contribution is -0.159. The van der Waals surface area contributed by atoms with Crippen molar-refractivity contribution in [1.82, 2.24) is 5.48 Å². The third-order valence-electron chi connectivity index (χ3n) is 1.59. The molecule has 0 fully saturated rings. The Morgan fingerprint density at radius 2 is 1.93 bits per heavy atom. The van der Waals surface area contributed by atoms with Gasteiger partial charge in [0.1, 0.15) is 0 Å². The van der Waals surface area contributed by atoms with Crippen molar-refractivity contribution in [3.05, 3.63) is 35.9 Å². The SMILES string of the molecule is NC(=O)NOC(=O)C(O)c1ccccc1. The van der Waals surface area contributed by atoms with Crippen molar-refractivity contribution in [2.45, 2.75) is 6.10 Å². The van der Waals surface area contributed by atoms with Gasteiger partial charge in [0.25, 0.3) is 0 Å². The fourth-order valence-electron chi connectivity index (χ4n) is 0.928. The van der Waals surface area contributed by atoms with E-state index in [9.17, 15) is 14.7 Å². The van der Waals surface area contributed by atoms with E-state index < -0.39 is 18.1 Å². The molecule has 0 aliphatic heterocycles. The maximum absolute atomic E-state index is 11.1. The topological polar surface area (TPSA) is 102 Å². The van der Waals surface area contributed by atoms with Gasteiger partial charge >= 0.3 is 12.0 Å². The standard InChI is InChI=1S/C9H10N2O4/c10-9(14)11-15-8(13)7(12)6-4-2-1-3-5-6/h1-5,7,12H,(H3,10,11,14). The molecule has 0 aliphatic carbocycles. The number of primary amides is 1. The summed E-state index contributed by atoms with van der Waals surface area (Å²) in [5.74, 6) is -1.000. The van der Waals surface area contributed by atoms with Crippen LogP contribution in [0.2, 0.25) is 0 Å². The number of carbonyl (C=O) groups is 2. The summed E-state index contributed by atoms with van der Waals surface area (Å²) in [5.41, 5.74) is 6.67. The molecule has 15 heavy (non-hydrogen) atoms. The first kappa shape index (κ1) is 11.0. The minimum atomic E-state index is -1.45. The van der Waals surface area contributed by atoms with Gasteiger partial charge in [-0.2, -0.15) is 5.48 Å². The molecular formula is C9H10N2O4. The van der Waals surface area contributed by atoms with Crippen LogP contribution in [0.4, 0.5) is 4.79 Å². The van der Waals surface area contributed by atoms with Crippen LogP contribution in [-0.4, -0.2) is 17.1 Å². The Morgan fingerprint density at radius 3 is 2.47 bits per heavy atom. The number of carbonyl (C=O) groups excluding carboxylic acids is 2. The summed E-state index contributed by atoms with van der Waals surface area (Å²) in [7, 11) is 0. The molecule has 1 aromatic carbocycles. The summed E-state index contributed by atoms with van der Waals surface area (Å²) < 4.78 is 0. The molecule has 4 N–H and O–H groups in total. The number of amides is 2. The Hall–Kier alpha value is -2.08. The maximum Gasteiger partial charge on any atom is 0.365 e. The summed E-state index contributed by atoms with van der Waals surface area (Å²) in [6, 6.07) is 7.15. The molecule has 1 aromatic rings. The Labute approximate surface area is 85.6 Å². The normalized spacial score (nSPS) is 11.5. The molecule has 1 rings (SSSR count). The van der Waals surface area contributed by atoms with Gasteiger partial charge in [-0.3, -0.25) is 0 Å². The zero-order chi connectivity index (χ0) is 11.3. The first-order valence-corrected chi connectivity index (χ1v) is 4.10. The van der Waals surface area contributed by atoms with Crippen LogP contribution >= 0.6 is 0 Å². The van der Waals surface area contributed by atoms with Crippen LogP contribution in [0.3, 0.4) is 0 Å². The number of rotatable bonds is 2. The average molecular weight is 210 g/mol. The first-order chi connectivity index (χ1) is 7.11. The van der Waals surface area contributed by atoms with E-state index >= 15 is 0 Å². The first-order valence-electron chi connectivity index (χ1n) is 4.10. The van der Waals surface area contributed by atoms with Crippen LogP contribution < -0.4 is 11.2 Å². The molecule has 2 amide bonds. The van der Waals surface area contributed by atoms with Gasteiger partial charge in [-0.05, 0) is 5.56 Å². The molecule has 6 heteroatoms. The van der Waals surface area contributed by atoms with Gasteiger partial charge < -0.3 is 15.7 Å². The third kappa shape index (κ3) is 3.28. The summed E-state index contributed by atoms with van der Waals surface area (Å²) >= 11 is 0. The van der Waals surface area contributed by atoms with Gasteiger partial charge in [0.05, 0.1) is 0 Å². The number of benzene rings is 1. The molecule has 0 saturated carbocycles. The molecule has 1 atom stereocenters. The molecule has 6 nitrogen and oxygen atoms in total. The summed E-state index contributed by atoms with van der Waals surface area (Å²) in [5, 5.41) is 9.44. The molecule has 1 unspecified atom stereocenters. The third-order valence-corrected chi connectivity index (χ3v) is 1.59. The number of urea groups is 1. The molecule has 0 heterocycles. The fourth-order valence-corrected chi connectivity index (χ4v) is 0.928. The minimum Gasteiger partial charge on any atom is -0.377 e. The summed E-state index contributed by atoms with van der Waals surface area (Å²) in [6.45, 7) is 0. The monoisotopic (exact) mass is 210 g/mol. The quantitative estimate of drug-likeness (QED) is 0.590. The van der Waals surface area contributed by atoms with Gasteiger partial charge in [0, 0.05) is 0 Å². The Bertz CT molecular complexity index is 352. The summed E-state index contributed by atoms with van der Waals surface area (Å²) in [4.78, 5) is 25.5. The fraction of sp³-hybridized carbons (Fsp3) is 0.111. The van der Waals surface area contributed by atoms with Gasteiger partial charge in [-0.25, -0.2) is 9.59 Å². The van der Waals surface area contributed by atoms with Crippen molar-refractivity contribution in [3.63, 3.8) is 0 Å². The number of hydroxylamine groups is 1. The highest BCUT2D eigenvalue weighted by molar-refractivity contribution is 5.78.